The highest BCUT2D eigenvalue weighted by Gasteiger charge is 2.27. The second kappa shape index (κ2) is 6.56. The second-order valence-electron chi connectivity index (χ2n) is 5.32. The van der Waals surface area contributed by atoms with Crippen LogP contribution < -0.4 is 5.32 Å². The van der Waals surface area contributed by atoms with Gasteiger partial charge in [0, 0.05) is 27.7 Å². The molecule has 1 aromatic carbocycles. The topological polar surface area (TPSA) is 21.3 Å². The predicted molar refractivity (Wildman–Crippen MR) is 89.5 cm³/mol. The Morgan fingerprint density at radius 2 is 2.40 bits per heavy atom. The van der Waals surface area contributed by atoms with Gasteiger partial charge < -0.3 is 10.1 Å². The van der Waals surface area contributed by atoms with Crippen molar-refractivity contribution in [2.45, 2.75) is 25.8 Å². The molecule has 1 N–H and O–H groups in total. The number of benzene rings is 1. The molecule has 1 aliphatic rings. The maximum absolute atomic E-state index is 5.70. The fourth-order valence-corrected chi connectivity index (χ4v) is 4.72. The molecule has 2 nitrogen and oxygen atoms in total. The van der Waals surface area contributed by atoms with E-state index in [-0.39, 0.29) is 0 Å². The Morgan fingerprint density at radius 3 is 3.15 bits per heavy atom. The Bertz CT molecular complexity index is 577. The summed E-state index contributed by atoms with van der Waals surface area (Å²) < 4.78 is 8.24. The molecule has 2 heterocycles. The van der Waals surface area contributed by atoms with Gasteiger partial charge in [-0.1, -0.05) is 19.1 Å². The molecule has 1 fully saturated rings. The molecule has 0 aliphatic carbocycles. The van der Waals surface area contributed by atoms with Gasteiger partial charge in [0.25, 0.3) is 0 Å². The number of nitrogens with one attached hydrogen (secondary N) is 1. The van der Waals surface area contributed by atoms with E-state index in [0.717, 1.165) is 19.8 Å². The van der Waals surface area contributed by atoms with Gasteiger partial charge in [-0.05, 0) is 57.7 Å². The molecule has 2 aromatic rings. The van der Waals surface area contributed by atoms with Gasteiger partial charge in [-0.25, -0.2) is 0 Å². The van der Waals surface area contributed by atoms with Crippen molar-refractivity contribution < 1.29 is 4.74 Å². The summed E-state index contributed by atoms with van der Waals surface area (Å²) in [6.07, 6.45) is 2.43. The Labute approximate surface area is 132 Å². The lowest BCUT2D eigenvalue weighted by Crippen LogP contribution is -2.33. The predicted octanol–water partition coefficient (Wildman–Crippen LogP) is 4.74. The first-order valence-corrected chi connectivity index (χ1v) is 8.95. The van der Waals surface area contributed by atoms with E-state index >= 15 is 0 Å². The van der Waals surface area contributed by atoms with Crippen LogP contribution in [0.1, 0.15) is 31.4 Å². The summed E-state index contributed by atoms with van der Waals surface area (Å²) in [7, 11) is 0. The summed E-state index contributed by atoms with van der Waals surface area (Å²) >= 11 is 5.49. The van der Waals surface area contributed by atoms with Crippen molar-refractivity contribution in [3.8, 4) is 0 Å². The third kappa shape index (κ3) is 2.80. The van der Waals surface area contributed by atoms with E-state index in [1.165, 1.54) is 33.0 Å². The zero-order chi connectivity index (χ0) is 13.9. The van der Waals surface area contributed by atoms with E-state index in [1.54, 1.807) is 0 Å². The van der Waals surface area contributed by atoms with Crippen LogP contribution in [-0.4, -0.2) is 19.8 Å². The summed E-state index contributed by atoms with van der Waals surface area (Å²) in [5.41, 5.74) is 1.43. The number of halogens is 1. The third-order valence-electron chi connectivity index (χ3n) is 4.01. The molecule has 1 saturated heterocycles. The van der Waals surface area contributed by atoms with Gasteiger partial charge in [0.15, 0.2) is 0 Å². The highest BCUT2D eigenvalue weighted by atomic mass is 79.9. The minimum Gasteiger partial charge on any atom is -0.381 e. The van der Waals surface area contributed by atoms with Crippen LogP contribution in [0.4, 0.5) is 0 Å². The average molecular weight is 354 g/mol. The number of fused-ring (bicyclic) bond motifs is 1. The Kier molecular flexibility index (Phi) is 4.76. The van der Waals surface area contributed by atoms with Gasteiger partial charge in [0.1, 0.15) is 0 Å². The van der Waals surface area contributed by atoms with Crippen molar-refractivity contribution in [3.63, 3.8) is 0 Å². The fraction of sp³-hybridized carbons (Fsp3) is 0.500. The summed E-state index contributed by atoms with van der Waals surface area (Å²) in [5, 5.41) is 7.37. The first-order chi connectivity index (χ1) is 9.81. The molecule has 0 radical (unpaired) electrons. The highest BCUT2D eigenvalue weighted by molar-refractivity contribution is 9.10. The minimum atomic E-state index is 0.406. The van der Waals surface area contributed by atoms with Crippen LogP contribution >= 0.6 is 27.3 Å². The summed E-state index contributed by atoms with van der Waals surface area (Å²) in [6.45, 7) is 4.97. The first kappa shape index (κ1) is 14.5. The molecule has 2 unspecified atom stereocenters. The largest absolute Gasteiger partial charge is 0.381 e. The molecule has 4 heteroatoms. The highest BCUT2D eigenvalue weighted by Crippen LogP contribution is 2.39. The van der Waals surface area contributed by atoms with Crippen molar-refractivity contribution in [3.05, 3.63) is 33.6 Å². The summed E-state index contributed by atoms with van der Waals surface area (Å²) in [5.74, 6) is 0.584. The lowest BCUT2D eigenvalue weighted by molar-refractivity contribution is 0.0395. The molecule has 0 amide bonds. The summed E-state index contributed by atoms with van der Waals surface area (Å²) in [4.78, 5) is 0. The molecule has 0 spiro atoms. The van der Waals surface area contributed by atoms with Gasteiger partial charge in [0.2, 0.25) is 0 Å². The maximum Gasteiger partial charge on any atom is 0.0512 e. The Morgan fingerprint density at radius 1 is 1.50 bits per heavy atom. The molecule has 20 heavy (non-hydrogen) atoms. The van der Waals surface area contributed by atoms with E-state index in [9.17, 15) is 0 Å². The van der Waals surface area contributed by atoms with Crippen molar-refractivity contribution in [2.24, 2.45) is 5.92 Å². The van der Waals surface area contributed by atoms with Crippen LogP contribution in [0.2, 0.25) is 0 Å². The molecule has 1 aliphatic heterocycles. The zero-order valence-electron chi connectivity index (χ0n) is 11.7. The van der Waals surface area contributed by atoms with Crippen molar-refractivity contribution in [2.75, 3.05) is 19.8 Å². The van der Waals surface area contributed by atoms with Crippen molar-refractivity contribution >= 4 is 37.4 Å². The van der Waals surface area contributed by atoms with Gasteiger partial charge in [0.05, 0.1) is 6.61 Å². The number of ether oxygens (including phenoxy) is 1. The van der Waals surface area contributed by atoms with Crippen LogP contribution in [0.15, 0.2) is 28.1 Å². The molecule has 0 saturated carbocycles. The SMILES string of the molecule is CCNC(c1csc2c(Br)cccc12)C1CCCOC1. The van der Waals surface area contributed by atoms with Crippen LogP contribution in [0.25, 0.3) is 10.1 Å². The second-order valence-corrected chi connectivity index (χ2v) is 7.05. The Balaban J connectivity index is 1.98. The van der Waals surface area contributed by atoms with Crippen LogP contribution in [0.3, 0.4) is 0 Å². The molecule has 0 bridgehead atoms. The molecule has 3 rings (SSSR count). The average Bonchev–Trinajstić information content (AvgIpc) is 2.91. The van der Waals surface area contributed by atoms with Gasteiger partial charge >= 0.3 is 0 Å². The molecule has 2 atom stereocenters. The smallest absolute Gasteiger partial charge is 0.0512 e. The maximum atomic E-state index is 5.70. The molecule has 108 valence electrons. The summed E-state index contributed by atoms with van der Waals surface area (Å²) in [6, 6.07) is 6.89. The van der Waals surface area contributed by atoms with Gasteiger partial charge in [-0.3, -0.25) is 0 Å². The quantitative estimate of drug-likeness (QED) is 0.856. The Hall–Kier alpha value is -0.420. The molecule has 1 aromatic heterocycles. The van der Waals surface area contributed by atoms with Crippen LogP contribution in [0.5, 0.6) is 0 Å². The normalized spacial score (nSPS) is 21.2. The molecular formula is C16H20BrNOS. The van der Waals surface area contributed by atoms with Gasteiger partial charge in [-0.15, -0.1) is 11.3 Å². The number of thiophene rings is 1. The fourth-order valence-electron chi connectivity index (χ4n) is 3.06. The van der Waals surface area contributed by atoms with E-state index in [2.05, 4.69) is 51.7 Å². The number of rotatable bonds is 4. The lowest BCUT2D eigenvalue weighted by Gasteiger charge is -2.31. The zero-order valence-corrected chi connectivity index (χ0v) is 14.1. The third-order valence-corrected chi connectivity index (χ3v) is 5.98. The number of hydrogen-bond acceptors (Lipinski definition) is 3. The van der Waals surface area contributed by atoms with E-state index in [0.29, 0.717) is 12.0 Å². The number of hydrogen-bond donors (Lipinski definition) is 1. The molecular weight excluding hydrogens is 334 g/mol. The monoisotopic (exact) mass is 353 g/mol. The van der Waals surface area contributed by atoms with Crippen LogP contribution in [0, 0.1) is 5.92 Å². The van der Waals surface area contributed by atoms with Crippen molar-refractivity contribution in [1.82, 2.24) is 5.32 Å². The minimum absolute atomic E-state index is 0.406. The van der Waals surface area contributed by atoms with Crippen molar-refractivity contribution in [1.29, 1.82) is 0 Å². The van der Waals surface area contributed by atoms with Crippen LogP contribution in [-0.2, 0) is 4.74 Å². The van der Waals surface area contributed by atoms with E-state index in [4.69, 9.17) is 4.74 Å². The van der Waals surface area contributed by atoms with Gasteiger partial charge in [-0.2, -0.15) is 0 Å². The first-order valence-electron chi connectivity index (χ1n) is 7.28. The van der Waals surface area contributed by atoms with E-state index in [1.807, 2.05) is 11.3 Å². The van der Waals surface area contributed by atoms with E-state index < -0.39 is 0 Å². The lowest BCUT2D eigenvalue weighted by atomic mass is 9.88. The standard InChI is InChI=1S/C16H20BrNOS/c1-2-18-15(11-5-4-8-19-9-11)13-10-20-16-12(13)6-3-7-14(16)17/h3,6-7,10-11,15,18H,2,4-5,8-9H2,1H3.